The fourth-order valence-electron chi connectivity index (χ4n) is 2.76. The summed E-state index contributed by atoms with van der Waals surface area (Å²) in [5.41, 5.74) is 3.79. The molecule has 0 radical (unpaired) electrons. The van der Waals surface area contributed by atoms with Crippen LogP contribution in [0, 0.1) is 0 Å². The molecule has 3 aromatic heterocycles. The molecular weight excluding hydrogens is 352 g/mol. The maximum Gasteiger partial charge on any atom is 0.179 e. The van der Waals surface area contributed by atoms with E-state index in [0.717, 1.165) is 17.0 Å². The summed E-state index contributed by atoms with van der Waals surface area (Å²) in [7, 11) is 0. The first-order valence-electron chi connectivity index (χ1n) is 8.89. The summed E-state index contributed by atoms with van der Waals surface area (Å²) in [5, 5.41) is 8.98. The van der Waals surface area contributed by atoms with Crippen LogP contribution in [0.2, 0.25) is 0 Å². The van der Waals surface area contributed by atoms with Crippen LogP contribution in [0.25, 0.3) is 34.2 Å². The van der Waals surface area contributed by atoms with Gasteiger partial charge in [-0.1, -0.05) is 24.3 Å². The molecule has 0 saturated heterocycles. The first kappa shape index (κ1) is 17.8. The minimum absolute atomic E-state index is 0.0363. The van der Waals surface area contributed by atoms with Crippen molar-refractivity contribution in [3.05, 3.63) is 79.1 Å². The molecule has 4 aromatic rings. The molecule has 28 heavy (non-hydrogen) atoms. The Morgan fingerprint density at radius 1 is 0.714 bits per heavy atom. The van der Waals surface area contributed by atoms with Crippen molar-refractivity contribution in [2.24, 2.45) is 0 Å². The predicted octanol–water partition coefficient (Wildman–Crippen LogP) is 3.64. The lowest BCUT2D eigenvalue weighted by atomic mass is 10.1. The Kier molecular flexibility index (Phi) is 5.31. The van der Waals surface area contributed by atoms with Crippen molar-refractivity contribution in [2.45, 2.75) is 0 Å². The zero-order valence-electron chi connectivity index (χ0n) is 15.1. The number of nitrogens with zero attached hydrogens (tertiary/aromatic N) is 4. The first-order chi connectivity index (χ1) is 13.8. The Hall–Kier alpha value is -3.64. The van der Waals surface area contributed by atoms with Gasteiger partial charge < -0.3 is 9.84 Å². The molecule has 0 aliphatic carbocycles. The van der Waals surface area contributed by atoms with Gasteiger partial charge in [0, 0.05) is 18.0 Å². The van der Waals surface area contributed by atoms with Gasteiger partial charge in [-0.05, 0) is 42.5 Å². The fourth-order valence-corrected chi connectivity index (χ4v) is 2.76. The van der Waals surface area contributed by atoms with Gasteiger partial charge in [0.15, 0.2) is 5.82 Å². The van der Waals surface area contributed by atoms with E-state index in [0.29, 0.717) is 23.0 Å². The van der Waals surface area contributed by atoms with Crippen molar-refractivity contribution < 1.29 is 9.84 Å². The number of aliphatic hydroxyl groups is 1. The summed E-state index contributed by atoms with van der Waals surface area (Å²) >= 11 is 0. The summed E-state index contributed by atoms with van der Waals surface area (Å²) in [6, 6.07) is 20.8. The Morgan fingerprint density at radius 3 is 2.18 bits per heavy atom. The molecule has 0 saturated carbocycles. The highest BCUT2D eigenvalue weighted by Crippen LogP contribution is 2.27. The second-order valence-electron chi connectivity index (χ2n) is 5.99. The molecule has 0 bridgehead atoms. The van der Waals surface area contributed by atoms with Gasteiger partial charge in [-0.25, -0.2) is 9.97 Å². The number of aromatic nitrogens is 4. The number of ether oxygens (including phenoxy) is 1. The smallest absolute Gasteiger partial charge is 0.179 e. The van der Waals surface area contributed by atoms with Crippen LogP contribution < -0.4 is 4.74 Å². The average molecular weight is 370 g/mol. The fraction of sp³-hybridized carbons (Fsp3) is 0.0909. The van der Waals surface area contributed by atoms with Crippen molar-refractivity contribution in [1.29, 1.82) is 0 Å². The van der Waals surface area contributed by atoms with Crippen LogP contribution in [-0.2, 0) is 0 Å². The van der Waals surface area contributed by atoms with E-state index in [1.807, 2.05) is 66.7 Å². The molecule has 138 valence electrons. The van der Waals surface area contributed by atoms with E-state index in [9.17, 15) is 0 Å². The van der Waals surface area contributed by atoms with Crippen molar-refractivity contribution in [2.75, 3.05) is 13.2 Å². The van der Waals surface area contributed by atoms with Crippen LogP contribution in [0.15, 0.2) is 79.1 Å². The third kappa shape index (κ3) is 4.02. The van der Waals surface area contributed by atoms with E-state index < -0.39 is 0 Å². The van der Waals surface area contributed by atoms with Crippen molar-refractivity contribution in [1.82, 2.24) is 19.9 Å². The summed E-state index contributed by atoms with van der Waals surface area (Å²) in [4.78, 5) is 18.2. The van der Waals surface area contributed by atoms with Crippen molar-refractivity contribution in [3.63, 3.8) is 0 Å². The van der Waals surface area contributed by atoms with Crippen LogP contribution in [0.5, 0.6) is 5.75 Å². The summed E-state index contributed by atoms with van der Waals surface area (Å²) < 4.78 is 5.53. The van der Waals surface area contributed by atoms with Crippen LogP contribution in [0.4, 0.5) is 0 Å². The molecule has 0 spiro atoms. The lowest BCUT2D eigenvalue weighted by Crippen LogP contribution is -2.02. The van der Waals surface area contributed by atoms with Crippen LogP contribution in [0.1, 0.15) is 0 Å². The monoisotopic (exact) mass is 370 g/mol. The maximum absolute atomic E-state index is 8.98. The predicted molar refractivity (Wildman–Crippen MR) is 107 cm³/mol. The Bertz CT molecular complexity index is 999. The number of aliphatic hydroxyl groups excluding tert-OH is 1. The number of benzene rings is 1. The van der Waals surface area contributed by atoms with E-state index in [1.54, 1.807) is 12.4 Å². The highest BCUT2D eigenvalue weighted by atomic mass is 16.5. The molecule has 1 N–H and O–H groups in total. The first-order valence-corrected chi connectivity index (χ1v) is 8.89. The van der Waals surface area contributed by atoms with E-state index in [1.165, 1.54) is 0 Å². The van der Waals surface area contributed by atoms with Gasteiger partial charge >= 0.3 is 0 Å². The second kappa shape index (κ2) is 8.37. The van der Waals surface area contributed by atoms with Gasteiger partial charge in [0.2, 0.25) is 0 Å². The maximum atomic E-state index is 8.98. The van der Waals surface area contributed by atoms with Gasteiger partial charge in [0.1, 0.15) is 18.1 Å². The number of rotatable bonds is 6. The lowest BCUT2D eigenvalue weighted by molar-refractivity contribution is 0.201. The molecular formula is C22H18N4O2. The largest absolute Gasteiger partial charge is 0.491 e. The number of hydrogen-bond donors (Lipinski definition) is 1. The molecule has 6 nitrogen and oxygen atoms in total. The minimum atomic E-state index is -0.0363. The zero-order chi connectivity index (χ0) is 19.2. The SMILES string of the molecule is OCCOc1cccc(-c2cc(-c3ccccn3)nc(-c3ccccn3)n2)c1. The number of hydrogen-bond acceptors (Lipinski definition) is 6. The van der Waals surface area contributed by atoms with Crippen LogP contribution in [-0.4, -0.2) is 38.3 Å². The molecule has 3 heterocycles. The minimum Gasteiger partial charge on any atom is -0.491 e. The van der Waals surface area contributed by atoms with E-state index in [2.05, 4.69) is 15.0 Å². The molecule has 0 aliphatic heterocycles. The van der Waals surface area contributed by atoms with Gasteiger partial charge in [0.05, 0.1) is 23.7 Å². The normalized spacial score (nSPS) is 10.6. The molecule has 0 amide bonds. The van der Waals surface area contributed by atoms with E-state index >= 15 is 0 Å². The summed E-state index contributed by atoms with van der Waals surface area (Å²) in [5.74, 6) is 1.20. The third-order valence-corrected chi connectivity index (χ3v) is 4.04. The van der Waals surface area contributed by atoms with Gasteiger partial charge in [-0.2, -0.15) is 0 Å². The number of pyridine rings is 2. The van der Waals surface area contributed by atoms with E-state index in [4.69, 9.17) is 14.8 Å². The quantitative estimate of drug-likeness (QED) is 0.558. The third-order valence-electron chi connectivity index (χ3n) is 4.04. The topological polar surface area (TPSA) is 81.0 Å². The molecule has 0 fully saturated rings. The summed E-state index contributed by atoms with van der Waals surface area (Å²) in [6.07, 6.45) is 3.45. The summed E-state index contributed by atoms with van der Waals surface area (Å²) in [6.45, 7) is 0.205. The molecule has 0 unspecified atom stereocenters. The Balaban J connectivity index is 1.83. The standard InChI is InChI=1S/C22H18N4O2/c27-12-13-28-17-7-5-6-16(14-17)20-15-21(18-8-1-3-10-23-18)26-22(25-20)19-9-2-4-11-24-19/h1-11,14-15,27H,12-13H2. The molecule has 0 atom stereocenters. The Morgan fingerprint density at radius 2 is 1.46 bits per heavy atom. The Labute approximate surface area is 162 Å². The highest BCUT2D eigenvalue weighted by Gasteiger charge is 2.12. The molecule has 0 aliphatic rings. The molecule has 6 heteroatoms. The van der Waals surface area contributed by atoms with Crippen LogP contribution in [0.3, 0.4) is 0 Å². The van der Waals surface area contributed by atoms with Crippen LogP contribution >= 0.6 is 0 Å². The molecule has 1 aromatic carbocycles. The molecule has 4 rings (SSSR count). The van der Waals surface area contributed by atoms with Gasteiger partial charge in [-0.15, -0.1) is 0 Å². The lowest BCUT2D eigenvalue weighted by Gasteiger charge is -2.10. The van der Waals surface area contributed by atoms with Gasteiger partial charge in [0.25, 0.3) is 0 Å². The van der Waals surface area contributed by atoms with Crippen molar-refractivity contribution >= 4 is 0 Å². The van der Waals surface area contributed by atoms with Crippen molar-refractivity contribution in [3.8, 4) is 39.9 Å². The second-order valence-corrected chi connectivity index (χ2v) is 5.99. The highest BCUT2D eigenvalue weighted by molar-refractivity contribution is 5.70. The zero-order valence-corrected chi connectivity index (χ0v) is 15.1. The van der Waals surface area contributed by atoms with Gasteiger partial charge in [-0.3, -0.25) is 9.97 Å². The van der Waals surface area contributed by atoms with E-state index in [-0.39, 0.29) is 13.2 Å². The average Bonchev–Trinajstić information content (AvgIpc) is 2.79.